The van der Waals surface area contributed by atoms with E-state index < -0.39 is 0 Å². The Balaban J connectivity index is 1.94. The molecule has 20 heavy (non-hydrogen) atoms. The Morgan fingerprint density at radius 3 is 2.50 bits per heavy atom. The largest absolute Gasteiger partial charge is 0.489 e. The smallest absolute Gasteiger partial charge is 0.302 e. The van der Waals surface area contributed by atoms with Gasteiger partial charge in [-0.2, -0.15) is 0 Å². The third-order valence-corrected chi connectivity index (χ3v) is 2.66. The normalized spacial score (nSPS) is 10.1. The molecule has 0 heterocycles. The first-order valence-electron chi connectivity index (χ1n) is 6.23. The Morgan fingerprint density at radius 1 is 1.05 bits per heavy atom. The van der Waals surface area contributed by atoms with Gasteiger partial charge in [-0.1, -0.05) is 24.3 Å². The van der Waals surface area contributed by atoms with Gasteiger partial charge in [0.2, 0.25) is 0 Å². The van der Waals surface area contributed by atoms with Crippen molar-refractivity contribution in [3.63, 3.8) is 0 Å². The van der Waals surface area contributed by atoms with E-state index in [2.05, 4.69) is 0 Å². The molecule has 0 N–H and O–H groups in total. The van der Waals surface area contributed by atoms with Crippen LogP contribution in [-0.2, 0) is 22.7 Å². The first kappa shape index (κ1) is 14.1. The molecule has 0 aliphatic heterocycles. The summed E-state index contributed by atoms with van der Waals surface area (Å²) in [4.78, 5) is 10.8. The second-order valence-electron chi connectivity index (χ2n) is 4.34. The lowest BCUT2D eigenvalue weighted by molar-refractivity contribution is -0.142. The van der Waals surface area contributed by atoms with Gasteiger partial charge in [-0.3, -0.25) is 4.79 Å². The zero-order valence-electron chi connectivity index (χ0n) is 11.1. The number of hydrogen-bond donors (Lipinski definition) is 0. The lowest BCUT2D eigenvalue weighted by Gasteiger charge is -2.08. The minimum Gasteiger partial charge on any atom is -0.489 e. The third kappa shape index (κ3) is 4.39. The molecule has 0 fully saturated rings. The number of carbonyl (C=O) groups excluding carboxylic acids is 1. The first-order valence-corrected chi connectivity index (χ1v) is 6.23. The van der Waals surface area contributed by atoms with Crippen molar-refractivity contribution in [1.82, 2.24) is 0 Å². The molecule has 0 aliphatic carbocycles. The fourth-order valence-electron chi connectivity index (χ4n) is 1.66. The second-order valence-corrected chi connectivity index (χ2v) is 4.34. The number of halogens is 1. The van der Waals surface area contributed by atoms with Crippen LogP contribution in [0.4, 0.5) is 4.39 Å². The van der Waals surface area contributed by atoms with Crippen molar-refractivity contribution in [3.8, 4) is 5.75 Å². The zero-order chi connectivity index (χ0) is 14.4. The van der Waals surface area contributed by atoms with Crippen molar-refractivity contribution < 1.29 is 18.7 Å². The van der Waals surface area contributed by atoms with E-state index in [9.17, 15) is 9.18 Å². The summed E-state index contributed by atoms with van der Waals surface area (Å²) in [6.07, 6.45) is 0. The summed E-state index contributed by atoms with van der Waals surface area (Å²) in [7, 11) is 0. The molecule has 0 spiro atoms. The van der Waals surface area contributed by atoms with Crippen molar-refractivity contribution in [2.75, 3.05) is 0 Å². The molecule has 0 aromatic heterocycles. The van der Waals surface area contributed by atoms with Crippen LogP contribution in [0.1, 0.15) is 18.1 Å². The summed E-state index contributed by atoms with van der Waals surface area (Å²) < 4.78 is 23.3. The minimum absolute atomic E-state index is 0.225. The molecule has 2 rings (SSSR count). The molecular formula is C16H15FO3. The van der Waals surface area contributed by atoms with E-state index in [1.54, 1.807) is 12.1 Å². The van der Waals surface area contributed by atoms with Crippen molar-refractivity contribution in [2.45, 2.75) is 20.1 Å². The Morgan fingerprint density at radius 2 is 1.80 bits per heavy atom. The second kappa shape index (κ2) is 6.70. The SMILES string of the molecule is CC(=O)OCc1cccc(OCc2ccc(F)cc2)c1. The first-order chi connectivity index (χ1) is 9.63. The average Bonchev–Trinajstić information content (AvgIpc) is 2.45. The molecule has 0 amide bonds. The molecule has 2 aromatic carbocycles. The maximum Gasteiger partial charge on any atom is 0.302 e. The van der Waals surface area contributed by atoms with E-state index in [-0.39, 0.29) is 18.4 Å². The predicted octanol–water partition coefficient (Wildman–Crippen LogP) is 3.47. The quantitative estimate of drug-likeness (QED) is 0.783. The summed E-state index contributed by atoms with van der Waals surface area (Å²) in [6, 6.07) is 13.5. The molecule has 3 nitrogen and oxygen atoms in total. The number of benzene rings is 2. The number of hydrogen-bond acceptors (Lipinski definition) is 3. The predicted molar refractivity (Wildman–Crippen MR) is 72.6 cm³/mol. The summed E-state index contributed by atoms with van der Waals surface area (Å²) in [5, 5.41) is 0. The van der Waals surface area contributed by atoms with Gasteiger partial charge in [0.05, 0.1) is 0 Å². The van der Waals surface area contributed by atoms with Crippen LogP contribution in [0.25, 0.3) is 0 Å². The fraction of sp³-hybridized carbons (Fsp3) is 0.188. The van der Waals surface area contributed by atoms with E-state index in [0.717, 1.165) is 11.1 Å². The van der Waals surface area contributed by atoms with E-state index in [0.29, 0.717) is 12.4 Å². The van der Waals surface area contributed by atoms with Gasteiger partial charge < -0.3 is 9.47 Å². The van der Waals surface area contributed by atoms with Gasteiger partial charge in [0.15, 0.2) is 0 Å². The summed E-state index contributed by atoms with van der Waals surface area (Å²) in [5.41, 5.74) is 1.74. The average molecular weight is 274 g/mol. The molecule has 4 heteroatoms. The van der Waals surface area contributed by atoms with Crippen molar-refractivity contribution in [1.29, 1.82) is 0 Å². The van der Waals surface area contributed by atoms with Crippen molar-refractivity contribution >= 4 is 5.97 Å². The Bertz CT molecular complexity index is 579. The molecule has 0 radical (unpaired) electrons. The van der Waals surface area contributed by atoms with E-state index in [4.69, 9.17) is 9.47 Å². The molecule has 0 aliphatic rings. The van der Waals surface area contributed by atoms with Gasteiger partial charge in [0, 0.05) is 6.92 Å². The highest BCUT2D eigenvalue weighted by Gasteiger charge is 2.00. The molecular weight excluding hydrogens is 259 g/mol. The highest BCUT2D eigenvalue weighted by Crippen LogP contribution is 2.16. The zero-order valence-corrected chi connectivity index (χ0v) is 11.1. The van der Waals surface area contributed by atoms with E-state index in [1.165, 1.54) is 19.1 Å². The van der Waals surface area contributed by atoms with Crippen LogP contribution in [0.2, 0.25) is 0 Å². The van der Waals surface area contributed by atoms with Gasteiger partial charge in [-0.25, -0.2) is 4.39 Å². The summed E-state index contributed by atoms with van der Waals surface area (Å²) in [6.45, 7) is 1.95. The fourth-order valence-corrected chi connectivity index (χ4v) is 1.66. The Labute approximate surface area is 117 Å². The molecule has 0 bridgehead atoms. The highest BCUT2D eigenvalue weighted by atomic mass is 19.1. The number of esters is 1. The van der Waals surface area contributed by atoms with Gasteiger partial charge in [0.1, 0.15) is 24.8 Å². The molecule has 0 saturated heterocycles. The Hall–Kier alpha value is -2.36. The van der Waals surface area contributed by atoms with Crippen LogP contribution in [0.3, 0.4) is 0 Å². The van der Waals surface area contributed by atoms with Gasteiger partial charge in [-0.15, -0.1) is 0 Å². The van der Waals surface area contributed by atoms with E-state index >= 15 is 0 Å². The molecule has 0 atom stereocenters. The monoisotopic (exact) mass is 274 g/mol. The number of rotatable bonds is 5. The lowest BCUT2D eigenvalue weighted by Crippen LogP contribution is -2.00. The molecule has 104 valence electrons. The summed E-state index contributed by atoms with van der Waals surface area (Å²) in [5.74, 6) is 0.0961. The van der Waals surface area contributed by atoms with Crippen LogP contribution < -0.4 is 4.74 Å². The van der Waals surface area contributed by atoms with Crippen molar-refractivity contribution in [2.24, 2.45) is 0 Å². The number of carbonyl (C=O) groups is 1. The van der Waals surface area contributed by atoms with Crippen molar-refractivity contribution in [3.05, 3.63) is 65.5 Å². The van der Waals surface area contributed by atoms with Gasteiger partial charge in [-0.05, 0) is 35.4 Å². The molecule has 2 aromatic rings. The maximum absolute atomic E-state index is 12.8. The third-order valence-electron chi connectivity index (χ3n) is 2.66. The van der Waals surface area contributed by atoms with Crippen LogP contribution in [0, 0.1) is 5.82 Å². The van der Waals surface area contributed by atoms with Crippen LogP contribution >= 0.6 is 0 Å². The highest BCUT2D eigenvalue weighted by molar-refractivity contribution is 5.65. The van der Waals surface area contributed by atoms with Crippen LogP contribution in [0.15, 0.2) is 48.5 Å². The lowest BCUT2D eigenvalue weighted by atomic mass is 10.2. The van der Waals surface area contributed by atoms with Gasteiger partial charge in [0.25, 0.3) is 0 Å². The van der Waals surface area contributed by atoms with E-state index in [1.807, 2.05) is 24.3 Å². The standard InChI is InChI=1S/C16H15FO3/c1-12(18)19-11-14-3-2-4-16(9-14)20-10-13-5-7-15(17)8-6-13/h2-9H,10-11H2,1H3. The molecule has 0 saturated carbocycles. The minimum atomic E-state index is -0.317. The maximum atomic E-state index is 12.8. The summed E-state index contributed by atoms with van der Waals surface area (Å²) >= 11 is 0. The number of ether oxygens (including phenoxy) is 2. The Kier molecular flexibility index (Phi) is 4.71. The topological polar surface area (TPSA) is 35.5 Å². The van der Waals surface area contributed by atoms with Gasteiger partial charge >= 0.3 is 5.97 Å². The van der Waals surface area contributed by atoms with Crippen LogP contribution in [-0.4, -0.2) is 5.97 Å². The van der Waals surface area contributed by atoms with Crippen LogP contribution in [0.5, 0.6) is 5.75 Å². The molecule has 0 unspecified atom stereocenters.